The highest BCUT2D eigenvalue weighted by atomic mass is 16.3. The molecule has 2 aromatic rings. The standard InChI is InChI=1S/C17H22N2O2/c1-12-6-7-15(13(2)9-12)10-18-14(3)17(20)19-11-16-5-4-8-21-16/h4-9,14,18H,10-11H2,1-3H3,(H,19,20). The lowest BCUT2D eigenvalue weighted by Gasteiger charge is -2.15. The molecule has 4 nitrogen and oxygen atoms in total. The molecule has 2 N–H and O–H groups in total. The van der Waals surface area contributed by atoms with Crippen LogP contribution in [0.4, 0.5) is 0 Å². The zero-order chi connectivity index (χ0) is 15.2. The van der Waals surface area contributed by atoms with E-state index in [-0.39, 0.29) is 11.9 Å². The van der Waals surface area contributed by atoms with Gasteiger partial charge >= 0.3 is 0 Å². The van der Waals surface area contributed by atoms with E-state index in [0.29, 0.717) is 13.1 Å². The fourth-order valence-electron chi connectivity index (χ4n) is 2.14. The molecule has 1 unspecified atom stereocenters. The van der Waals surface area contributed by atoms with Crippen LogP contribution in [0.3, 0.4) is 0 Å². The van der Waals surface area contributed by atoms with Crippen molar-refractivity contribution >= 4 is 5.91 Å². The highest BCUT2D eigenvalue weighted by molar-refractivity contribution is 5.81. The summed E-state index contributed by atoms with van der Waals surface area (Å²) >= 11 is 0. The van der Waals surface area contributed by atoms with Crippen LogP contribution < -0.4 is 10.6 Å². The lowest BCUT2D eigenvalue weighted by atomic mass is 10.1. The van der Waals surface area contributed by atoms with Gasteiger partial charge in [0.25, 0.3) is 0 Å². The molecule has 0 radical (unpaired) electrons. The third kappa shape index (κ3) is 4.46. The second-order valence-corrected chi connectivity index (χ2v) is 5.33. The highest BCUT2D eigenvalue weighted by Crippen LogP contribution is 2.10. The van der Waals surface area contributed by atoms with E-state index in [1.165, 1.54) is 16.7 Å². The van der Waals surface area contributed by atoms with Gasteiger partial charge in [0.2, 0.25) is 5.91 Å². The minimum absolute atomic E-state index is 0.0313. The molecule has 0 fully saturated rings. The molecule has 4 heteroatoms. The molecule has 1 aromatic heterocycles. The largest absolute Gasteiger partial charge is 0.467 e. The lowest BCUT2D eigenvalue weighted by Crippen LogP contribution is -2.41. The van der Waals surface area contributed by atoms with Gasteiger partial charge in [-0.3, -0.25) is 4.79 Å². The first-order chi connectivity index (χ1) is 10.1. The number of hydrogen-bond donors (Lipinski definition) is 2. The van der Waals surface area contributed by atoms with E-state index < -0.39 is 0 Å². The van der Waals surface area contributed by atoms with Crippen LogP contribution in [0.15, 0.2) is 41.0 Å². The van der Waals surface area contributed by atoms with Gasteiger partial charge in [-0.05, 0) is 44.0 Å². The summed E-state index contributed by atoms with van der Waals surface area (Å²) in [5, 5.41) is 6.10. The summed E-state index contributed by atoms with van der Waals surface area (Å²) in [4.78, 5) is 12.0. The first-order valence-corrected chi connectivity index (χ1v) is 7.16. The molecule has 0 aliphatic heterocycles. The van der Waals surface area contributed by atoms with Crippen molar-refractivity contribution in [3.8, 4) is 0 Å². The number of carbonyl (C=O) groups excluding carboxylic acids is 1. The number of hydrogen-bond acceptors (Lipinski definition) is 3. The Morgan fingerprint density at radius 2 is 2.05 bits per heavy atom. The Morgan fingerprint density at radius 3 is 2.71 bits per heavy atom. The van der Waals surface area contributed by atoms with Crippen molar-refractivity contribution < 1.29 is 9.21 Å². The third-order valence-electron chi connectivity index (χ3n) is 3.51. The summed E-state index contributed by atoms with van der Waals surface area (Å²) in [6.45, 7) is 7.13. The zero-order valence-electron chi connectivity index (χ0n) is 12.8. The minimum atomic E-state index is -0.249. The summed E-state index contributed by atoms with van der Waals surface area (Å²) in [5.74, 6) is 0.723. The molecular weight excluding hydrogens is 264 g/mol. The predicted molar refractivity (Wildman–Crippen MR) is 82.8 cm³/mol. The van der Waals surface area contributed by atoms with Crippen molar-refractivity contribution in [3.63, 3.8) is 0 Å². The van der Waals surface area contributed by atoms with E-state index in [9.17, 15) is 4.79 Å². The summed E-state index contributed by atoms with van der Waals surface area (Å²) < 4.78 is 5.18. The Morgan fingerprint density at radius 1 is 1.24 bits per heavy atom. The fourth-order valence-corrected chi connectivity index (χ4v) is 2.14. The second-order valence-electron chi connectivity index (χ2n) is 5.33. The third-order valence-corrected chi connectivity index (χ3v) is 3.51. The van der Waals surface area contributed by atoms with Crippen LogP contribution >= 0.6 is 0 Å². The minimum Gasteiger partial charge on any atom is -0.467 e. The molecular formula is C17H22N2O2. The summed E-state index contributed by atoms with van der Waals surface area (Å²) in [5.41, 5.74) is 3.71. The molecule has 1 aromatic carbocycles. The van der Waals surface area contributed by atoms with E-state index >= 15 is 0 Å². The maximum atomic E-state index is 12.0. The van der Waals surface area contributed by atoms with Crippen molar-refractivity contribution in [1.82, 2.24) is 10.6 Å². The van der Waals surface area contributed by atoms with Gasteiger partial charge in [-0.1, -0.05) is 23.8 Å². The van der Waals surface area contributed by atoms with E-state index in [2.05, 4.69) is 42.7 Å². The fraction of sp³-hybridized carbons (Fsp3) is 0.353. The van der Waals surface area contributed by atoms with E-state index in [1.54, 1.807) is 6.26 Å². The van der Waals surface area contributed by atoms with Gasteiger partial charge in [0.05, 0.1) is 18.8 Å². The molecule has 1 atom stereocenters. The molecule has 0 spiro atoms. The molecule has 21 heavy (non-hydrogen) atoms. The van der Waals surface area contributed by atoms with Crippen LogP contribution in [0.25, 0.3) is 0 Å². The first-order valence-electron chi connectivity index (χ1n) is 7.16. The maximum absolute atomic E-state index is 12.0. The van der Waals surface area contributed by atoms with Crippen LogP contribution in [0.5, 0.6) is 0 Å². The topological polar surface area (TPSA) is 54.3 Å². The van der Waals surface area contributed by atoms with Gasteiger partial charge < -0.3 is 15.1 Å². The lowest BCUT2D eigenvalue weighted by molar-refractivity contribution is -0.123. The Balaban J connectivity index is 1.80. The molecule has 0 bridgehead atoms. The molecule has 1 heterocycles. The molecule has 0 aliphatic rings. The zero-order valence-corrected chi connectivity index (χ0v) is 12.8. The summed E-state index contributed by atoms with van der Waals surface area (Å²) in [7, 11) is 0. The smallest absolute Gasteiger partial charge is 0.237 e. The second kappa shape index (κ2) is 7.09. The number of furan rings is 1. The molecule has 1 amide bonds. The molecule has 0 saturated heterocycles. The number of aryl methyl sites for hydroxylation is 2. The summed E-state index contributed by atoms with van der Waals surface area (Å²) in [6, 6.07) is 9.74. The van der Waals surface area contributed by atoms with Crippen LogP contribution in [0, 0.1) is 13.8 Å². The van der Waals surface area contributed by atoms with Gasteiger partial charge in [-0.2, -0.15) is 0 Å². The number of amides is 1. The molecule has 2 rings (SSSR count). The number of carbonyl (C=O) groups is 1. The predicted octanol–water partition coefficient (Wildman–Crippen LogP) is 2.69. The Kier molecular flexibility index (Phi) is 5.17. The molecule has 0 saturated carbocycles. The van der Waals surface area contributed by atoms with E-state index in [1.807, 2.05) is 19.1 Å². The molecule has 0 aliphatic carbocycles. The van der Waals surface area contributed by atoms with Crippen molar-refractivity contribution in [1.29, 1.82) is 0 Å². The highest BCUT2D eigenvalue weighted by Gasteiger charge is 2.12. The van der Waals surface area contributed by atoms with Crippen molar-refractivity contribution in [3.05, 3.63) is 59.0 Å². The van der Waals surface area contributed by atoms with Crippen molar-refractivity contribution in [2.75, 3.05) is 0 Å². The van der Waals surface area contributed by atoms with Crippen LogP contribution in [-0.2, 0) is 17.9 Å². The van der Waals surface area contributed by atoms with Crippen LogP contribution in [-0.4, -0.2) is 11.9 Å². The van der Waals surface area contributed by atoms with Gasteiger partial charge in [-0.15, -0.1) is 0 Å². The summed E-state index contributed by atoms with van der Waals surface area (Å²) in [6.07, 6.45) is 1.60. The van der Waals surface area contributed by atoms with Gasteiger partial charge in [0.1, 0.15) is 5.76 Å². The average Bonchev–Trinajstić information content (AvgIpc) is 2.96. The van der Waals surface area contributed by atoms with Gasteiger partial charge in [0.15, 0.2) is 0 Å². The van der Waals surface area contributed by atoms with Crippen LogP contribution in [0.1, 0.15) is 29.4 Å². The Bertz CT molecular complexity index is 591. The number of rotatable bonds is 6. The molecule has 112 valence electrons. The van der Waals surface area contributed by atoms with Gasteiger partial charge in [-0.25, -0.2) is 0 Å². The van der Waals surface area contributed by atoms with Crippen molar-refractivity contribution in [2.45, 2.75) is 39.9 Å². The maximum Gasteiger partial charge on any atom is 0.237 e. The monoisotopic (exact) mass is 286 g/mol. The quantitative estimate of drug-likeness (QED) is 0.858. The van der Waals surface area contributed by atoms with E-state index in [4.69, 9.17) is 4.42 Å². The normalized spacial score (nSPS) is 12.1. The Hall–Kier alpha value is -2.07. The SMILES string of the molecule is Cc1ccc(CNC(C)C(=O)NCc2ccco2)c(C)c1. The van der Waals surface area contributed by atoms with Crippen molar-refractivity contribution in [2.24, 2.45) is 0 Å². The van der Waals surface area contributed by atoms with Crippen LogP contribution in [0.2, 0.25) is 0 Å². The van der Waals surface area contributed by atoms with Gasteiger partial charge in [0, 0.05) is 6.54 Å². The first kappa shape index (κ1) is 15.3. The Labute approximate surface area is 125 Å². The number of nitrogens with one attached hydrogen (secondary N) is 2. The van der Waals surface area contributed by atoms with E-state index in [0.717, 1.165) is 5.76 Å². The average molecular weight is 286 g/mol. The number of benzene rings is 1.